The summed E-state index contributed by atoms with van der Waals surface area (Å²) in [6.07, 6.45) is 5.13. The topological polar surface area (TPSA) is 109 Å². The van der Waals surface area contributed by atoms with Crippen molar-refractivity contribution in [3.05, 3.63) is 17.7 Å². The number of carboxylic acid groups (broad SMARTS) is 1. The number of hydrogen-bond acceptors (Lipinski definition) is 7. The van der Waals surface area contributed by atoms with Gasteiger partial charge in [-0.25, -0.2) is 0 Å². The lowest BCUT2D eigenvalue weighted by atomic mass is 9.84. The van der Waals surface area contributed by atoms with E-state index in [0.29, 0.717) is 56.4 Å². The number of carbonyl (C=O) groups is 3. The lowest BCUT2D eigenvalue weighted by molar-refractivity contribution is -0.870. The van der Waals surface area contributed by atoms with Crippen LogP contribution in [-0.4, -0.2) is 129 Å². The van der Waals surface area contributed by atoms with E-state index in [0.717, 1.165) is 48.7 Å². The van der Waals surface area contributed by atoms with Gasteiger partial charge in [-0.05, 0) is 49.8 Å². The van der Waals surface area contributed by atoms with Crippen molar-refractivity contribution >= 4 is 17.8 Å². The zero-order valence-electron chi connectivity index (χ0n) is 28.5. The monoisotopic (exact) mass is 631 g/mol. The Bertz CT molecular complexity index is 1210. The third kappa shape index (κ3) is 8.41. The highest BCUT2D eigenvalue weighted by Gasteiger charge is 2.48. The van der Waals surface area contributed by atoms with Crippen LogP contribution < -0.4 is 14.2 Å². The second kappa shape index (κ2) is 14.6. The number of amides is 2. The molecule has 0 bridgehead atoms. The number of methoxy groups -OCH3 is 1. The Morgan fingerprint density at radius 2 is 1.87 bits per heavy atom. The van der Waals surface area contributed by atoms with Crippen molar-refractivity contribution in [2.24, 2.45) is 11.3 Å². The molecule has 3 heterocycles. The molecule has 11 heteroatoms. The Labute approximate surface area is 269 Å². The average Bonchev–Trinajstić information content (AvgIpc) is 3.66. The van der Waals surface area contributed by atoms with Gasteiger partial charge in [-0.3, -0.25) is 19.3 Å². The molecule has 3 aliphatic heterocycles. The number of hydrogen-bond donors (Lipinski definition) is 1. The van der Waals surface area contributed by atoms with E-state index in [-0.39, 0.29) is 25.2 Å². The van der Waals surface area contributed by atoms with E-state index in [2.05, 4.69) is 33.0 Å². The van der Waals surface area contributed by atoms with E-state index in [9.17, 15) is 19.5 Å². The second-order valence-corrected chi connectivity index (χ2v) is 14.6. The highest BCUT2D eigenvalue weighted by atomic mass is 16.7. The van der Waals surface area contributed by atoms with Gasteiger partial charge in [0.25, 0.3) is 0 Å². The molecule has 0 saturated carbocycles. The summed E-state index contributed by atoms with van der Waals surface area (Å²) in [5.74, 6) is -0.402. The highest BCUT2D eigenvalue weighted by molar-refractivity contribution is 5.84. The molecule has 3 atom stereocenters. The zero-order valence-corrected chi connectivity index (χ0v) is 28.5. The van der Waals surface area contributed by atoms with Gasteiger partial charge in [0.05, 0.1) is 47.3 Å². The van der Waals surface area contributed by atoms with Crippen LogP contribution in [0.2, 0.25) is 0 Å². The first-order chi connectivity index (χ1) is 21.3. The molecule has 252 valence electrons. The fraction of sp³-hybridized carbons (Fsp3) is 0.735. The number of likely N-dealkylation sites (tertiary alicyclic amines) is 2. The van der Waals surface area contributed by atoms with Crippen molar-refractivity contribution < 1.29 is 38.2 Å². The number of benzene rings is 1. The number of rotatable bonds is 16. The van der Waals surface area contributed by atoms with Crippen LogP contribution in [0.15, 0.2) is 12.1 Å². The normalized spacial score (nSPS) is 22.7. The molecular formula is C34H55N4O7+. The van der Waals surface area contributed by atoms with Crippen molar-refractivity contribution in [1.82, 2.24) is 14.7 Å². The third-order valence-electron chi connectivity index (χ3n) is 9.69. The molecular weight excluding hydrogens is 576 g/mol. The van der Waals surface area contributed by atoms with E-state index in [1.165, 1.54) is 0 Å². The number of unbranched alkanes of at least 4 members (excludes halogenated alkanes) is 2. The van der Waals surface area contributed by atoms with E-state index in [1.54, 1.807) is 7.11 Å². The maximum absolute atomic E-state index is 13.9. The van der Waals surface area contributed by atoms with Crippen molar-refractivity contribution in [3.8, 4) is 17.2 Å². The predicted molar refractivity (Wildman–Crippen MR) is 172 cm³/mol. The third-order valence-corrected chi connectivity index (χ3v) is 9.69. The average molecular weight is 632 g/mol. The lowest BCUT2D eigenvalue weighted by Gasteiger charge is -2.31. The van der Waals surface area contributed by atoms with Crippen LogP contribution in [0.4, 0.5) is 0 Å². The van der Waals surface area contributed by atoms with Gasteiger partial charge in [0.15, 0.2) is 11.5 Å². The van der Waals surface area contributed by atoms with Crippen molar-refractivity contribution in [1.29, 1.82) is 0 Å². The van der Waals surface area contributed by atoms with Gasteiger partial charge in [-0.2, -0.15) is 0 Å². The van der Waals surface area contributed by atoms with Crippen LogP contribution in [0.1, 0.15) is 70.8 Å². The summed E-state index contributed by atoms with van der Waals surface area (Å²) in [7, 11) is 8.08. The summed E-state index contributed by atoms with van der Waals surface area (Å²) in [6, 6.07) is 3.27. The van der Waals surface area contributed by atoms with Gasteiger partial charge < -0.3 is 33.6 Å². The van der Waals surface area contributed by atoms with Crippen molar-refractivity contribution in [2.75, 3.05) is 80.9 Å². The highest BCUT2D eigenvalue weighted by Crippen LogP contribution is 2.47. The molecule has 4 rings (SSSR count). The van der Waals surface area contributed by atoms with Crippen LogP contribution in [0.25, 0.3) is 0 Å². The molecule has 11 nitrogen and oxygen atoms in total. The summed E-state index contributed by atoms with van der Waals surface area (Å²) in [6.45, 7) is 10.2. The second-order valence-electron chi connectivity index (χ2n) is 14.6. The number of carboxylic acids is 1. The van der Waals surface area contributed by atoms with Crippen LogP contribution in [-0.2, 0) is 14.4 Å². The summed E-state index contributed by atoms with van der Waals surface area (Å²) >= 11 is 0. The minimum atomic E-state index is -0.909. The van der Waals surface area contributed by atoms with Gasteiger partial charge in [-0.1, -0.05) is 27.2 Å². The molecule has 0 aromatic heterocycles. The molecule has 1 aromatic carbocycles. The molecule has 2 fully saturated rings. The Hall–Kier alpha value is -3.05. The molecule has 0 aliphatic carbocycles. The van der Waals surface area contributed by atoms with Gasteiger partial charge in [-0.15, -0.1) is 0 Å². The number of carbonyl (C=O) groups excluding carboxylic acids is 2. The fourth-order valence-electron chi connectivity index (χ4n) is 6.98. The summed E-state index contributed by atoms with van der Waals surface area (Å²) in [4.78, 5) is 45.9. The number of nitrogens with zero attached hydrogens (tertiary/aromatic N) is 4. The standard InChI is InChI=1S/C34H54N4O7/c1-8-9-14-35(15-10-11-18-38(4,5)6)29(39)22-37-21-25(24-19-27(43-7)31-28(20-24)44-23-45-31)30(32(40)41)26(37)12-16-36-17-13-34(2,3)33(36)42/h19-20,25-26,30H,8-18,21-23H2,1-7H3/p+1/t25-,26+,30?/m1/s1. The summed E-state index contributed by atoms with van der Waals surface area (Å²) in [5.41, 5.74) is 0.374. The molecule has 1 N–H and O–H groups in total. The van der Waals surface area contributed by atoms with Crippen LogP contribution in [0.5, 0.6) is 17.2 Å². The number of aliphatic carboxylic acids is 1. The molecule has 2 amide bonds. The lowest BCUT2D eigenvalue weighted by Crippen LogP contribution is -2.46. The minimum absolute atomic E-state index is 0.0325. The van der Waals surface area contributed by atoms with E-state index in [1.807, 2.05) is 35.8 Å². The Balaban J connectivity index is 1.58. The van der Waals surface area contributed by atoms with Crippen LogP contribution in [0, 0.1) is 11.3 Å². The zero-order chi connectivity index (χ0) is 32.9. The largest absolute Gasteiger partial charge is 0.493 e. The molecule has 45 heavy (non-hydrogen) atoms. The summed E-state index contributed by atoms with van der Waals surface area (Å²) < 4.78 is 17.7. The number of fused-ring (bicyclic) bond motifs is 1. The van der Waals surface area contributed by atoms with Crippen molar-refractivity contribution in [2.45, 2.75) is 71.3 Å². The Kier molecular flexibility index (Phi) is 11.3. The smallest absolute Gasteiger partial charge is 0.308 e. The number of quaternary nitrogens is 1. The Morgan fingerprint density at radius 1 is 1.13 bits per heavy atom. The SMILES string of the molecule is CCCCN(CCCC[N+](C)(C)C)C(=O)CN1C[C@H](c2cc(OC)c3c(c2)OCO3)C(C(=O)O)[C@@H]1CCN1CCC(C)(C)C1=O. The molecule has 1 unspecified atom stereocenters. The predicted octanol–water partition coefficient (Wildman–Crippen LogP) is 3.66. The minimum Gasteiger partial charge on any atom is -0.493 e. The van der Waals surface area contributed by atoms with Gasteiger partial charge in [0.2, 0.25) is 24.4 Å². The summed E-state index contributed by atoms with van der Waals surface area (Å²) in [5, 5.41) is 10.7. The van der Waals surface area contributed by atoms with Crippen molar-refractivity contribution in [3.63, 3.8) is 0 Å². The quantitative estimate of drug-likeness (QED) is 0.218. The first kappa shape index (κ1) is 34.8. The molecule has 3 aliphatic rings. The molecule has 2 saturated heterocycles. The fourth-order valence-corrected chi connectivity index (χ4v) is 6.98. The molecule has 0 radical (unpaired) electrons. The molecule has 0 spiro atoms. The first-order valence-electron chi connectivity index (χ1n) is 16.6. The van der Waals surface area contributed by atoms with Crippen LogP contribution in [0.3, 0.4) is 0 Å². The van der Waals surface area contributed by atoms with Gasteiger partial charge >= 0.3 is 5.97 Å². The first-order valence-corrected chi connectivity index (χ1v) is 16.6. The van der Waals surface area contributed by atoms with E-state index < -0.39 is 29.3 Å². The van der Waals surface area contributed by atoms with E-state index >= 15 is 0 Å². The maximum atomic E-state index is 13.9. The van der Waals surface area contributed by atoms with Crippen LogP contribution >= 0.6 is 0 Å². The van der Waals surface area contributed by atoms with Gasteiger partial charge in [0.1, 0.15) is 0 Å². The number of ether oxygens (including phenoxy) is 3. The maximum Gasteiger partial charge on any atom is 0.308 e. The Morgan fingerprint density at radius 3 is 2.49 bits per heavy atom. The molecule has 1 aromatic rings. The van der Waals surface area contributed by atoms with E-state index in [4.69, 9.17) is 14.2 Å². The van der Waals surface area contributed by atoms with Gasteiger partial charge in [0, 0.05) is 50.1 Å².